The van der Waals surface area contributed by atoms with Crippen molar-refractivity contribution in [1.29, 1.82) is 0 Å². The quantitative estimate of drug-likeness (QED) is 0.0406. The minimum Gasteiger partial charge on any atom is -0.370 e. The van der Waals surface area contributed by atoms with Crippen molar-refractivity contribution in [2.24, 2.45) is 38.8 Å². The third-order valence-corrected chi connectivity index (χ3v) is 6.63. The molecule has 0 heterocycles. The van der Waals surface area contributed by atoms with Crippen molar-refractivity contribution >= 4 is 29.6 Å². The summed E-state index contributed by atoms with van der Waals surface area (Å²) in [7, 11) is 0. The molecule has 1 unspecified atom stereocenters. The number of nitrogens with zero attached hydrogens (tertiary/aromatic N) is 2. The lowest BCUT2D eigenvalue weighted by molar-refractivity contribution is -0.129. The summed E-state index contributed by atoms with van der Waals surface area (Å²) in [5, 5.41) is 12.0. The Morgan fingerprint density at radius 3 is 1.90 bits per heavy atom. The maximum Gasteiger partial charge on any atom is 0.242 e. The van der Waals surface area contributed by atoms with Gasteiger partial charge in [0.15, 0.2) is 11.9 Å². The highest BCUT2D eigenvalue weighted by atomic mass is 16.2. The molecule has 0 aromatic rings. The van der Waals surface area contributed by atoms with Crippen LogP contribution in [0.15, 0.2) is 9.98 Å². The van der Waals surface area contributed by atoms with Gasteiger partial charge in [-0.15, -0.1) is 0 Å². The van der Waals surface area contributed by atoms with Gasteiger partial charge in [0.25, 0.3) is 0 Å². The molecule has 244 valence electrons. The topological polar surface area (TPSA) is 228 Å². The Morgan fingerprint density at radius 1 is 0.714 bits per heavy atom. The highest BCUT2D eigenvalue weighted by Crippen LogP contribution is 2.10. The molecule has 13 nitrogen and oxygen atoms in total. The number of nitrogens with one attached hydrogen (secondary N) is 4. The van der Waals surface area contributed by atoms with Crippen molar-refractivity contribution in [3.63, 3.8) is 0 Å². The second kappa shape index (κ2) is 25.6. The number of nitrogens with two attached hydrogens (primary N) is 4. The standard InChI is InChI=1S/C29H60N10O3/c1-4-5-6-7-9-14-23(20-25(40)34-15-10-8-11-17-36-28(30)31)38-21-26(41)39-24(19-22(2)3)27(42)35-16-12-13-18-37-29(32)33/h22-24,38H,4-21H2,1-3H3,(H,34,40)(H,35,42)(H,39,41)(H4,30,31,36)(H4,32,33,37)/t23?,24-/m0/s1. The van der Waals surface area contributed by atoms with Crippen molar-refractivity contribution < 1.29 is 14.4 Å². The van der Waals surface area contributed by atoms with Gasteiger partial charge < -0.3 is 44.2 Å². The molecule has 0 aromatic carbocycles. The van der Waals surface area contributed by atoms with Crippen molar-refractivity contribution in [2.45, 2.75) is 116 Å². The van der Waals surface area contributed by atoms with Crippen LogP contribution in [0.5, 0.6) is 0 Å². The summed E-state index contributed by atoms with van der Waals surface area (Å²) in [6.07, 6.45) is 11.3. The number of aliphatic imine (C=N–C) groups is 2. The first-order valence-electron chi connectivity index (χ1n) is 15.7. The van der Waals surface area contributed by atoms with Gasteiger partial charge in [-0.3, -0.25) is 24.4 Å². The molecular formula is C29H60N10O3. The second-order valence-corrected chi connectivity index (χ2v) is 11.3. The molecular weight excluding hydrogens is 536 g/mol. The second-order valence-electron chi connectivity index (χ2n) is 11.3. The fourth-order valence-corrected chi connectivity index (χ4v) is 4.38. The van der Waals surface area contributed by atoms with Gasteiger partial charge in [-0.25, -0.2) is 0 Å². The Morgan fingerprint density at radius 2 is 1.29 bits per heavy atom. The van der Waals surface area contributed by atoms with Crippen LogP contribution >= 0.6 is 0 Å². The lowest BCUT2D eigenvalue weighted by Gasteiger charge is -2.22. The minimum atomic E-state index is -0.625. The number of hydrogen-bond acceptors (Lipinski definition) is 6. The summed E-state index contributed by atoms with van der Waals surface area (Å²) in [6, 6.07) is -0.749. The van der Waals surface area contributed by atoms with Gasteiger partial charge in [0, 0.05) is 38.6 Å². The Labute approximate surface area is 253 Å². The fraction of sp³-hybridized carbons (Fsp3) is 0.828. The SMILES string of the molecule is CCCCCCCC(CC(=O)NCCCCCN=C(N)N)NCC(=O)N[C@@H](CC(C)C)C(=O)NCCCCN=C(N)N. The van der Waals surface area contributed by atoms with E-state index in [0.29, 0.717) is 39.0 Å². The van der Waals surface area contributed by atoms with E-state index in [1.165, 1.54) is 12.8 Å². The van der Waals surface area contributed by atoms with Gasteiger partial charge in [0.05, 0.1) is 6.54 Å². The first kappa shape index (κ1) is 38.9. The van der Waals surface area contributed by atoms with Gasteiger partial charge in [0.1, 0.15) is 6.04 Å². The van der Waals surface area contributed by atoms with Gasteiger partial charge in [-0.1, -0.05) is 52.9 Å². The average molecular weight is 597 g/mol. The molecule has 3 amide bonds. The fourth-order valence-electron chi connectivity index (χ4n) is 4.38. The van der Waals surface area contributed by atoms with E-state index in [1.54, 1.807) is 0 Å². The maximum atomic E-state index is 12.8. The third-order valence-electron chi connectivity index (χ3n) is 6.63. The summed E-state index contributed by atoms with van der Waals surface area (Å²) >= 11 is 0. The number of carbonyl (C=O) groups excluding carboxylic acids is 3. The molecule has 0 saturated heterocycles. The first-order chi connectivity index (χ1) is 20.0. The lowest BCUT2D eigenvalue weighted by atomic mass is 10.0. The van der Waals surface area contributed by atoms with Crippen molar-refractivity contribution in [3.05, 3.63) is 0 Å². The number of unbranched alkanes of at least 4 members (excludes halogenated alkanes) is 7. The number of carbonyl (C=O) groups is 3. The van der Waals surface area contributed by atoms with Crippen LogP contribution in [0.25, 0.3) is 0 Å². The summed E-state index contributed by atoms with van der Waals surface area (Å²) in [6.45, 7) is 8.40. The Hall–Kier alpha value is -3.09. The Kier molecular flexibility index (Phi) is 23.7. The molecule has 0 rings (SSSR count). The number of rotatable bonds is 26. The largest absolute Gasteiger partial charge is 0.370 e. The molecule has 2 atom stereocenters. The monoisotopic (exact) mass is 596 g/mol. The van der Waals surface area contributed by atoms with E-state index in [2.05, 4.69) is 38.2 Å². The third kappa shape index (κ3) is 24.7. The van der Waals surface area contributed by atoms with Crippen molar-refractivity contribution in [1.82, 2.24) is 21.3 Å². The number of hydrogen-bond donors (Lipinski definition) is 8. The van der Waals surface area contributed by atoms with Crippen LogP contribution in [-0.2, 0) is 14.4 Å². The van der Waals surface area contributed by atoms with Crippen molar-refractivity contribution in [3.8, 4) is 0 Å². The molecule has 0 radical (unpaired) electrons. The predicted octanol–water partition coefficient (Wildman–Crippen LogP) is 0.956. The summed E-state index contributed by atoms with van der Waals surface area (Å²) in [5.74, 6) is -0.135. The molecule has 0 aliphatic rings. The van der Waals surface area contributed by atoms with Crippen LogP contribution in [0.2, 0.25) is 0 Å². The van der Waals surface area contributed by atoms with E-state index in [9.17, 15) is 14.4 Å². The summed E-state index contributed by atoms with van der Waals surface area (Å²) < 4.78 is 0. The molecule has 0 aliphatic carbocycles. The van der Waals surface area contributed by atoms with Crippen LogP contribution in [0.3, 0.4) is 0 Å². The zero-order valence-electron chi connectivity index (χ0n) is 26.4. The van der Waals surface area contributed by atoms with Gasteiger partial charge >= 0.3 is 0 Å². The molecule has 0 bridgehead atoms. The molecule has 42 heavy (non-hydrogen) atoms. The minimum absolute atomic E-state index is 0.0393. The number of amides is 3. The highest BCUT2D eigenvalue weighted by Gasteiger charge is 2.22. The molecule has 0 saturated carbocycles. The highest BCUT2D eigenvalue weighted by molar-refractivity contribution is 5.88. The van der Waals surface area contributed by atoms with E-state index in [0.717, 1.165) is 57.8 Å². The lowest BCUT2D eigenvalue weighted by Crippen LogP contribution is -2.50. The zero-order valence-corrected chi connectivity index (χ0v) is 26.4. The van der Waals surface area contributed by atoms with Crippen LogP contribution in [0, 0.1) is 5.92 Å². The molecule has 0 fully saturated rings. The first-order valence-corrected chi connectivity index (χ1v) is 15.7. The summed E-state index contributed by atoms with van der Waals surface area (Å²) in [4.78, 5) is 46.2. The Balaban J connectivity index is 4.76. The Bertz CT molecular complexity index is 797. The van der Waals surface area contributed by atoms with Gasteiger partial charge in [-0.05, 0) is 50.9 Å². The van der Waals surface area contributed by atoms with E-state index < -0.39 is 6.04 Å². The molecule has 0 aromatic heterocycles. The van der Waals surface area contributed by atoms with Gasteiger partial charge in [0.2, 0.25) is 17.7 Å². The molecule has 0 spiro atoms. The predicted molar refractivity (Wildman–Crippen MR) is 172 cm³/mol. The van der Waals surface area contributed by atoms with E-state index >= 15 is 0 Å². The van der Waals surface area contributed by atoms with Crippen LogP contribution in [0.1, 0.15) is 104 Å². The van der Waals surface area contributed by atoms with E-state index in [1.807, 2.05) is 13.8 Å². The number of guanidine groups is 2. The van der Waals surface area contributed by atoms with Gasteiger partial charge in [-0.2, -0.15) is 0 Å². The smallest absolute Gasteiger partial charge is 0.242 e. The van der Waals surface area contributed by atoms with Crippen molar-refractivity contribution in [2.75, 3.05) is 32.7 Å². The molecule has 13 heteroatoms. The molecule has 0 aliphatic heterocycles. The molecule has 12 N–H and O–H groups in total. The van der Waals surface area contributed by atoms with E-state index in [-0.39, 0.29) is 48.1 Å². The maximum absolute atomic E-state index is 12.8. The average Bonchev–Trinajstić information content (AvgIpc) is 2.91. The van der Waals surface area contributed by atoms with Crippen LogP contribution in [0.4, 0.5) is 0 Å². The van der Waals surface area contributed by atoms with Crippen LogP contribution in [-0.4, -0.2) is 74.4 Å². The normalized spacial score (nSPS) is 12.3. The zero-order chi connectivity index (χ0) is 31.6. The van der Waals surface area contributed by atoms with E-state index in [4.69, 9.17) is 22.9 Å². The van der Waals surface area contributed by atoms with Crippen LogP contribution < -0.4 is 44.2 Å². The summed E-state index contributed by atoms with van der Waals surface area (Å²) in [5.41, 5.74) is 21.3.